The molecule has 0 saturated carbocycles. The molecule has 0 spiro atoms. The van der Waals surface area contributed by atoms with Gasteiger partial charge in [0, 0.05) is 18.7 Å². The standard InChI is InChI=1S/C20H22FN3OS/c1-13-8-9-15(12-14(13)2)19(25)24(11-10-23(3)4)20-22-18-16(21)6-5-7-17(18)26-20/h5-9,12H,10-11H2,1-4H3. The lowest BCUT2D eigenvalue weighted by Crippen LogP contribution is -2.36. The van der Waals surface area contributed by atoms with Crippen LogP contribution in [0.25, 0.3) is 10.2 Å². The van der Waals surface area contributed by atoms with Gasteiger partial charge in [-0.1, -0.05) is 23.5 Å². The maximum Gasteiger partial charge on any atom is 0.260 e. The highest BCUT2D eigenvalue weighted by molar-refractivity contribution is 7.22. The normalized spacial score (nSPS) is 11.3. The van der Waals surface area contributed by atoms with Crippen LogP contribution in [0.1, 0.15) is 21.5 Å². The number of nitrogens with zero attached hydrogens (tertiary/aromatic N) is 3. The zero-order valence-corrected chi connectivity index (χ0v) is 16.2. The number of rotatable bonds is 5. The van der Waals surface area contributed by atoms with E-state index in [1.54, 1.807) is 11.0 Å². The number of carbonyl (C=O) groups excluding carboxylic acids is 1. The molecule has 0 N–H and O–H groups in total. The van der Waals surface area contributed by atoms with E-state index >= 15 is 0 Å². The first kappa shape index (κ1) is 18.5. The van der Waals surface area contributed by atoms with Gasteiger partial charge < -0.3 is 4.90 Å². The third-order valence-electron chi connectivity index (χ3n) is 4.36. The summed E-state index contributed by atoms with van der Waals surface area (Å²) in [5.74, 6) is -0.481. The zero-order chi connectivity index (χ0) is 18.8. The second-order valence-corrected chi connectivity index (χ2v) is 7.65. The quantitative estimate of drug-likeness (QED) is 0.672. The number of aryl methyl sites for hydroxylation is 2. The smallest absolute Gasteiger partial charge is 0.260 e. The molecule has 0 saturated heterocycles. The van der Waals surface area contributed by atoms with E-state index in [0.717, 1.165) is 15.8 Å². The van der Waals surface area contributed by atoms with Crippen LogP contribution in [0.5, 0.6) is 0 Å². The topological polar surface area (TPSA) is 36.4 Å². The van der Waals surface area contributed by atoms with Crippen molar-refractivity contribution in [1.29, 1.82) is 0 Å². The number of hydrogen-bond donors (Lipinski definition) is 0. The third kappa shape index (κ3) is 3.76. The number of carbonyl (C=O) groups is 1. The van der Waals surface area contributed by atoms with Crippen molar-refractivity contribution in [2.75, 3.05) is 32.1 Å². The fourth-order valence-electron chi connectivity index (χ4n) is 2.63. The van der Waals surface area contributed by atoms with Crippen LogP contribution >= 0.6 is 11.3 Å². The van der Waals surface area contributed by atoms with Gasteiger partial charge in [-0.3, -0.25) is 9.69 Å². The summed E-state index contributed by atoms with van der Waals surface area (Å²) in [6.45, 7) is 5.18. The number of aromatic nitrogens is 1. The first-order valence-electron chi connectivity index (χ1n) is 8.45. The van der Waals surface area contributed by atoms with E-state index in [1.807, 2.05) is 57.1 Å². The number of fused-ring (bicyclic) bond motifs is 1. The number of likely N-dealkylation sites (N-methyl/N-ethyl adjacent to an activating group) is 1. The molecule has 1 heterocycles. The van der Waals surface area contributed by atoms with Crippen LogP contribution < -0.4 is 4.90 Å². The van der Waals surface area contributed by atoms with E-state index in [9.17, 15) is 9.18 Å². The van der Waals surface area contributed by atoms with Gasteiger partial charge in [-0.25, -0.2) is 9.37 Å². The van der Waals surface area contributed by atoms with Crippen LogP contribution in [0.4, 0.5) is 9.52 Å². The molecule has 0 radical (unpaired) electrons. The number of para-hydroxylation sites is 1. The molecule has 3 aromatic rings. The van der Waals surface area contributed by atoms with Crippen molar-refractivity contribution in [3.05, 3.63) is 58.9 Å². The summed E-state index contributed by atoms with van der Waals surface area (Å²) in [6.07, 6.45) is 0. The number of thiazole rings is 1. The second kappa shape index (κ2) is 7.51. The van der Waals surface area contributed by atoms with Gasteiger partial charge in [0.25, 0.3) is 5.91 Å². The van der Waals surface area contributed by atoms with Crippen molar-refractivity contribution in [2.45, 2.75) is 13.8 Å². The van der Waals surface area contributed by atoms with Crippen LogP contribution in [0.2, 0.25) is 0 Å². The van der Waals surface area contributed by atoms with Gasteiger partial charge in [0.15, 0.2) is 5.13 Å². The van der Waals surface area contributed by atoms with Gasteiger partial charge in [-0.15, -0.1) is 0 Å². The first-order chi connectivity index (χ1) is 12.4. The number of halogens is 1. The Hall–Kier alpha value is -2.31. The van der Waals surface area contributed by atoms with Crippen molar-refractivity contribution in [2.24, 2.45) is 0 Å². The fraction of sp³-hybridized carbons (Fsp3) is 0.300. The molecule has 1 aromatic heterocycles. The molecule has 4 nitrogen and oxygen atoms in total. The summed E-state index contributed by atoms with van der Waals surface area (Å²) in [5.41, 5.74) is 3.14. The number of anilines is 1. The lowest BCUT2D eigenvalue weighted by molar-refractivity contribution is 0.0985. The molecule has 0 aliphatic carbocycles. The molecule has 0 aliphatic heterocycles. The average Bonchev–Trinajstić information content (AvgIpc) is 3.02. The number of hydrogen-bond acceptors (Lipinski definition) is 4. The maximum absolute atomic E-state index is 14.0. The molecular formula is C20H22FN3OS. The third-order valence-corrected chi connectivity index (χ3v) is 5.40. The summed E-state index contributed by atoms with van der Waals surface area (Å²) in [4.78, 5) is 21.2. The van der Waals surface area contributed by atoms with E-state index in [2.05, 4.69) is 4.98 Å². The van der Waals surface area contributed by atoms with Gasteiger partial charge >= 0.3 is 0 Å². The lowest BCUT2D eigenvalue weighted by Gasteiger charge is -2.22. The molecule has 136 valence electrons. The molecule has 0 unspecified atom stereocenters. The van der Waals surface area contributed by atoms with Gasteiger partial charge in [-0.05, 0) is 63.3 Å². The SMILES string of the molecule is Cc1ccc(C(=O)N(CCN(C)C)c2nc3c(F)cccc3s2)cc1C. The monoisotopic (exact) mass is 371 g/mol. The average molecular weight is 371 g/mol. The molecule has 0 fully saturated rings. The van der Waals surface area contributed by atoms with Crippen molar-refractivity contribution < 1.29 is 9.18 Å². The summed E-state index contributed by atoms with van der Waals surface area (Å²) in [5, 5.41) is 0.523. The molecule has 1 amide bonds. The Kier molecular flexibility index (Phi) is 5.34. The van der Waals surface area contributed by atoms with Gasteiger partial charge in [-0.2, -0.15) is 0 Å². The van der Waals surface area contributed by atoms with Crippen molar-refractivity contribution in [3.63, 3.8) is 0 Å². The molecular weight excluding hydrogens is 349 g/mol. The zero-order valence-electron chi connectivity index (χ0n) is 15.4. The molecule has 6 heteroatoms. The summed E-state index contributed by atoms with van der Waals surface area (Å²) >= 11 is 1.34. The minimum atomic E-state index is -0.365. The highest BCUT2D eigenvalue weighted by Gasteiger charge is 2.22. The summed E-state index contributed by atoms with van der Waals surface area (Å²) in [6, 6.07) is 10.6. The van der Waals surface area contributed by atoms with Crippen molar-refractivity contribution in [1.82, 2.24) is 9.88 Å². The summed E-state index contributed by atoms with van der Waals surface area (Å²) in [7, 11) is 3.91. The Morgan fingerprint density at radius 1 is 1.12 bits per heavy atom. The Morgan fingerprint density at radius 2 is 1.88 bits per heavy atom. The van der Waals surface area contributed by atoms with Crippen molar-refractivity contribution >= 4 is 32.6 Å². The highest BCUT2D eigenvalue weighted by Crippen LogP contribution is 2.31. The van der Waals surface area contributed by atoms with E-state index in [-0.39, 0.29) is 11.7 Å². The van der Waals surface area contributed by atoms with Gasteiger partial charge in [0.1, 0.15) is 11.3 Å². The van der Waals surface area contributed by atoms with Crippen molar-refractivity contribution in [3.8, 4) is 0 Å². The highest BCUT2D eigenvalue weighted by atomic mass is 32.1. The van der Waals surface area contributed by atoms with Crippen LogP contribution in [0, 0.1) is 19.7 Å². The Balaban J connectivity index is 2.01. The Morgan fingerprint density at radius 3 is 2.54 bits per heavy atom. The number of benzene rings is 2. The minimum absolute atomic E-state index is 0.116. The summed E-state index contributed by atoms with van der Waals surface area (Å²) < 4.78 is 14.8. The molecule has 0 atom stereocenters. The van der Waals surface area contributed by atoms with Crippen LogP contribution in [-0.4, -0.2) is 43.0 Å². The predicted molar refractivity (Wildman–Crippen MR) is 106 cm³/mol. The Labute approximate surface area is 156 Å². The van der Waals surface area contributed by atoms with Crippen LogP contribution in [-0.2, 0) is 0 Å². The Bertz CT molecular complexity index is 951. The lowest BCUT2D eigenvalue weighted by atomic mass is 10.1. The van der Waals surface area contributed by atoms with Crippen LogP contribution in [0.3, 0.4) is 0 Å². The van der Waals surface area contributed by atoms with Gasteiger partial charge in [0.2, 0.25) is 0 Å². The molecule has 3 rings (SSSR count). The van der Waals surface area contributed by atoms with E-state index in [1.165, 1.54) is 17.4 Å². The van der Waals surface area contributed by atoms with Gasteiger partial charge in [0.05, 0.1) is 4.70 Å². The second-order valence-electron chi connectivity index (χ2n) is 6.64. The predicted octanol–water partition coefficient (Wildman–Crippen LogP) is 4.26. The maximum atomic E-state index is 14.0. The molecule has 2 aromatic carbocycles. The van der Waals surface area contributed by atoms with Crippen LogP contribution in [0.15, 0.2) is 36.4 Å². The molecule has 26 heavy (non-hydrogen) atoms. The largest absolute Gasteiger partial charge is 0.308 e. The minimum Gasteiger partial charge on any atom is -0.308 e. The van der Waals surface area contributed by atoms with E-state index in [4.69, 9.17) is 0 Å². The number of amides is 1. The fourth-order valence-corrected chi connectivity index (χ4v) is 3.64. The molecule has 0 bridgehead atoms. The molecule has 0 aliphatic rings. The first-order valence-corrected chi connectivity index (χ1v) is 9.27. The van der Waals surface area contributed by atoms with E-state index < -0.39 is 0 Å². The van der Waals surface area contributed by atoms with E-state index in [0.29, 0.717) is 29.3 Å².